The van der Waals surface area contributed by atoms with Gasteiger partial charge in [-0.25, -0.2) is 0 Å². The molecule has 2 aliphatic heterocycles. The molecule has 4 fully saturated rings. The van der Waals surface area contributed by atoms with Crippen LogP contribution in [0.2, 0.25) is 0 Å². The number of amides is 1. The zero-order valence-corrected chi connectivity index (χ0v) is 15.0. The lowest BCUT2D eigenvalue weighted by atomic mass is 9.46. The second kappa shape index (κ2) is 6.21. The van der Waals surface area contributed by atoms with E-state index in [9.17, 15) is 4.79 Å². The summed E-state index contributed by atoms with van der Waals surface area (Å²) >= 11 is 0. The van der Waals surface area contributed by atoms with E-state index in [2.05, 4.69) is 17.1 Å². The van der Waals surface area contributed by atoms with Gasteiger partial charge in [0.25, 0.3) is 0 Å². The molecule has 3 unspecified atom stereocenters. The first-order valence-corrected chi connectivity index (χ1v) is 9.59. The highest BCUT2D eigenvalue weighted by atomic mass is 16.5. The van der Waals surface area contributed by atoms with Crippen molar-refractivity contribution in [2.24, 2.45) is 16.3 Å². The van der Waals surface area contributed by atoms with Crippen LogP contribution in [0, 0.1) is 11.3 Å². The maximum atomic E-state index is 11.5. The van der Waals surface area contributed by atoms with Gasteiger partial charge in [-0.15, -0.1) is 0 Å². The summed E-state index contributed by atoms with van der Waals surface area (Å²) in [5, 5.41) is 3.82. The highest BCUT2D eigenvalue weighted by Crippen LogP contribution is 2.62. The molecule has 1 amide bonds. The van der Waals surface area contributed by atoms with Crippen molar-refractivity contribution in [3.05, 3.63) is 0 Å². The molecule has 0 aromatic carbocycles. The van der Waals surface area contributed by atoms with E-state index in [0.29, 0.717) is 23.5 Å². The van der Waals surface area contributed by atoms with Crippen LogP contribution in [0.15, 0.2) is 4.99 Å². The molecule has 4 aliphatic rings. The second-order valence-electron chi connectivity index (χ2n) is 7.74. The summed E-state index contributed by atoms with van der Waals surface area (Å²) < 4.78 is 6.03. The van der Waals surface area contributed by atoms with Crippen molar-refractivity contribution in [3.8, 4) is 0 Å². The number of ether oxygens (including phenoxy) is 1. The molecule has 2 aliphatic carbocycles. The molecule has 6 heteroatoms. The minimum absolute atomic E-state index is 0.176. The van der Waals surface area contributed by atoms with Gasteiger partial charge in [-0.3, -0.25) is 9.79 Å². The number of fused-ring (bicyclic) bond motifs is 2. The zero-order chi connectivity index (χ0) is 16.7. The SMILES string of the molecule is CCN=C(NC1C2CCOC2C12CCC2)N1CCN(C(C)=O)CC1. The van der Waals surface area contributed by atoms with E-state index in [1.54, 1.807) is 6.92 Å². The molecule has 2 saturated carbocycles. The van der Waals surface area contributed by atoms with Crippen LogP contribution in [0.25, 0.3) is 0 Å². The summed E-state index contributed by atoms with van der Waals surface area (Å²) in [6.45, 7) is 8.80. The Morgan fingerprint density at radius 3 is 2.54 bits per heavy atom. The molecule has 0 aromatic heterocycles. The number of aliphatic imine (C=N–C) groups is 1. The largest absolute Gasteiger partial charge is 0.377 e. The van der Waals surface area contributed by atoms with E-state index in [0.717, 1.165) is 45.3 Å². The fraction of sp³-hybridized carbons (Fsp3) is 0.889. The van der Waals surface area contributed by atoms with Gasteiger partial charge >= 0.3 is 0 Å². The summed E-state index contributed by atoms with van der Waals surface area (Å²) in [6, 6.07) is 0.523. The van der Waals surface area contributed by atoms with Crippen molar-refractivity contribution in [3.63, 3.8) is 0 Å². The topological polar surface area (TPSA) is 57.2 Å². The van der Waals surface area contributed by atoms with Gasteiger partial charge in [-0.05, 0) is 26.2 Å². The number of hydrogen-bond donors (Lipinski definition) is 1. The summed E-state index contributed by atoms with van der Waals surface area (Å²) in [5.74, 6) is 1.88. The predicted molar refractivity (Wildman–Crippen MR) is 92.9 cm³/mol. The van der Waals surface area contributed by atoms with Crippen molar-refractivity contribution in [2.75, 3.05) is 39.3 Å². The van der Waals surface area contributed by atoms with Crippen molar-refractivity contribution in [1.29, 1.82) is 0 Å². The molecule has 1 spiro atoms. The van der Waals surface area contributed by atoms with Crippen LogP contribution in [0.5, 0.6) is 0 Å². The number of rotatable bonds is 2. The molecule has 24 heavy (non-hydrogen) atoms. The molecule has 0 radical (unpaired) electrons. The number of guanidine groups is 1. The van der Waals surface area contributed by atoms with Gasteiger partial charge in [0.15, 0.2) is 5.96 Å². The minimum atomic E-state index is 0.176. The van der Waals surface area contributed by atoms with E-state index in [-0.39, 0.29) is 5.91 Å². The van der Waals surface area contributed by atoms with Crippen molar-refractivity contribution in [1.82, 2.24) is 15.1 Å². The Morgan fingerprint density at radius 2 is 1.96 bits per heavy atom. The van der Waals surface area contributed by atoms with Crippen LogP contribution in [0.4, 0.5) is 0 Å². The zero-order valence-electron chi connectivity index (χ0n) is 15.0. The third-order valence-corrected chi connectivity index (χ3v) is 6.65. The molecular weight excluding hydrogens is 304 g/mol. The molecule has 0 aromatic rings. The van der Waals surface area contributed by atoms with E-state index >= 15 is 0 Å². The average molecular weight is 334 g/mol. The van der Waals surface area contributed by atoms with Gasteiger partial charge in [0.05, 0.1) is 6.10 Å². The second-order valence-corrected chi connectivity index (χ2v) is 7.74. The number of nitrogens with one attached hydrogen (secondary N) is 1. The van der Waals surface area contributed by atoms with Gasteiger partial charge in [0, 0.05) is 63.6 Å². The quantitative estimate of drug-likeness (QED) is 0.606. The number of hydrogen-bond acceptors (Lipinski definition) is 3. The third-order valence-electron chi connectivity index (χ3n) is 6.65. The lowest BCUT2D eigenvalue weighted by Crippen LogP contribution is -2.73. The van der Waals surface area contributed by atoms with Crippen molar-refractivity contribution in [2.45, 2.75) is 51.7 Å². The lowest BCUT2D eigenvalue weighted by Gasteiger charge is -2.63. The lowest BCUT2D eigenvalue weighted by molar-refractivity contribution is -0.171. The first-order chi connectivity index (χ1) is 11.7. The first kappa shape index (κ1) is 16.2. The Bertz CT molecular complexity index is 523. The summed E-state index contributed by atoms with van der Waals surface area (Å²) in [6.07, 6.45) is 5.59. The van der Waals surface area contributed by atoms with Crippen molar-refractivity contribution < 1.29 is 9.53 Å². The third kappa shape index (κ3) is 2.41. The van der Waals surface area contributed by atoms with E-state index in [1.165, 1.54) is 25.7 Å². The Balaban J connectivity index is 1.43. The highest BCUT2D eigenvalue weighted by molar-refractivity contribution is 5.81. The van der Waals surface area contributed by atoms with Crippen LogP contribution in [-0.2, 0) is 9.53 Å². The highest BCUT2D eigenvalue weighted by Gasteiger charge is 2.66. The van der Waals surface area contributed by atoms with Crippen LogP contribution in [0.1, 0.15) is 39.5 Å². The number of piperazine rings is 1. The summed E-state index contributed by atoms with van der Waals surface area (Å²) in [4.78, 5) is 20.6. The van der Waals surface area contributed by atoms with Gasteiger partial charge in [-0.1, -0.05) is 6.42 Å². The molecule has 1 N–H and O–H groups in total. The normalized spacial score (nSPS) is 34.6. The van der Waals surface area contributed by atoms with E-state index < -0.39 is 0 Å². The molecular formula is C18H30N4O2. The Morgan fingerprint density at radius 1 is 1.25 bits per heavy atom. The van der Waals surface area contributed by atoms with Gasteiger partial charge in [0.2, 0.25) is 5.91 Å². The fourth-order valence-electron chi connectivity index (χ4n) is 5.21. The van der Waals surface area contributed by atoms with E-state index in [4.69, 9.17) is 9.73 Å². The maximum absolute atomic E-state index is 11.5. The number of carbonyl (C=O) groups is 1. The summed E-state index contributed by atoms with van der Waals surface area (Å²) in [5.41, 5.74) is 0.372. The Labute approximate surface area is 144 Å². The average Bonchev–Trinajstić information content (AvgIpc) is 2.95. The standard InChI is InChI=1S/C18H30N4O2/c1-3-19-17(22-10-8-21(9-11-22)13(2)23)20-15-14-5-12-24-16(14)18(15)6-4-7-18/h14-16H,3-12H2,1-2H3,(H,19,20). The Hall–Kier alpha value is -1.30. The van der Waals surface area contributed by atoms with Crippen molar-refractivity contribution >= 4 is 11.9 Å². The molecule has 6 nitrogen and oxygen atoms in total. The number of carbonyl (C=O) groups excluding carboxylic acids is 1. The molecule has 134 valence electrons. The van der Waals surface area contributed by atoms with E-state index in [1.807, 2.05) is 4.90 Å². The Kier molecular flexibility index (Phi) is 4.19. The van der Waals surface area contributed by atoms with Crippen LogP contribution >= 0.6 is 0 Å². The van der Waals surface area contributed by atoms with Crippen LogP contribution in [-0.4, -0.2) is 73.1 Å². The maximum Gasteiger partial charge on any atom is 0.219 e. The monoisotopic (exact) mass is 334 g/mol. The molecule has 3 atom stereocenters. The molecule has 0 bridgehead atoms. The number of nitrogens with zero attached hydrogens (tertiary/aromatic N) is 3. The molecule has 4 rings (SSSR count). The van der Waals surface area contributed by atoms with Gasteiger partial charge < -0.3 is 19.9 Å². The molecule has 2 heterocycles. The van der Waals surface area contributed by atoms with Crippen LogP contribution in [0.3, 0.4) is 0 Å². The first-order valence-electron chi connectivity index (χ1n) is 9.59. The van der Waals surface area contributed by atoms with Gasteiger partial charge in [0.1, 0.15) is 0 Å². The molecule has 2 saturated heterocycles. The predicted octanol–water partition coefficient (Wildman–Crippen LogP) is 1.07. The smallest absolute Gasteiger partial charge is 0.219 e. The summed E-state index contributed by atoms with van der Waals surface area (Å²) in [7, 11) is 0. The van der Waals surface area contributed by atoms with Gasteiger partial charge in [-0.2, -0.15) is 0 Å². The minimum Gasteiger partial charge on any atom is -0.377 e. The fourth-order valence-corrected chi connectivity index (χ4v) is 5.21. The van der Waals surface area contributed by atoms with Crippen LogP contribution < -0.4 is 5.32 Å².